The monoisotopic (exact) mass is 241 g/mol. The first-order valence-electron chi connectivity index (χ1n) is 6.67. The van der Waals surface area contributed by atoms with Crippen LogP contribution in [0, 0.1) is 11.8 Å². The lowest BCUT2D eigenvalue weighted by Crippen LogP contribution is -2.30. The Kier molecular flexibility index (Phi) is 4.40. The van der Waals surface area contributed by atoms with Crippen LogP contribution in [-0.4, -0.2) is 37.9 Å². The van der Waals surface area contributed by atoms with Gasteiger partial charge in [0.25, 0.3) is 0 Å². The predicted molar refractivity (Wildman–Crippen MR) is 64.7 cm³/mol. The van der Waals surface area contributed by atoms with Crippen molar-refractivity contribution in [1.29, 1.82) is 0 Å². The van der Waals surface area contributed by atoms with Crippen LogP contribution in [0.5, 0.6) is 0 Å². The minimum Gasteiger partial charge on any atom is -0.463 e. The van der Waals surface area contributed by atoms with Crippen LogP contribution in [0.3, 0.4) is 0 Å². The van der Waals surface area contributed by atoms with Gasteiger partial charge >= 0.3 is 5.97 Å². The summed E-state index contributed by atoms with van der Waals surface area (Å²) in [5.41, 5.74) is 0. The molecule has 2 fully saturated rings. The van der Waals surface area contributed by atoms with E-state index in [1.165, 1.54) is 6.42 Å². The summed E-state index contributed by atoms with van der Waals surface area (Å²) >= 11 is 0. The molecule has 4 nitrogen and oxygen atoms in total. The molecule has 2 bridgehead atoms. The molecule has 3 atom stereocenters. The summed E-state index contributed by atoms with van der Waals surface area (Å²) in [6.07, 6.45) is 3.29. The highest BCUT2D eigenvalue weighted by Crippen LogP contribution is 2.33. The van der Waals surface area contributed by atoms with E-state index >= 15 is 0 Å². The Morgan fingerprint density at radius 2 is 2.18 bits per heavy atom. The Labute approximate surface area is 103 Å². The Morgan fingerprint density at radius 1 is 1.35 bits per heavy atom. The third-order valence-electron chi connectivity index (χ3n) is 3.53. The standard InChI is InChI=1S/C13H23NO3/c1-9(2)8-16-5-6-17-13(15)11-7-10-3-4-12(11)14-10/h9-12,14H,3-8H2,1-2H3. The van der Waals surface area contributed by atoms with Gasteiger partial charge in [-0.3, -0.25) is 4.79 Å². The second-order valence-corrected chi connectivity index (χ2v) is 5.53. The molecule has 0 amide bonds. The minimum absolute atomic E-state index is 0.0437. The zero-order valence-corrected chi connectivity index (χ0v) is 10.8. The van der Waals surface area contributed by atoms with Crippen LogP contribution in [0.15, 0.2) is 0 Å². The number of nitrogens with one attached hydrogen (secondary N) is 1. The normalized spacial score (nSPS) is 31.1. The Hall–Kier alpha value is -0.610. The topological polar surface area (TPSA) is 47.6 Å². The van der Waals surface area contributed by atoms with Crippen LogP contribution < -0.4 is 5.32 Å². The van der Waals surface area contributed by atoms with Crippen LogP contribution in [0.4, 0.5) is 0 Å². The molecule has 2 saturated heterocycles. The van der Waals surface area contributed by atoms with Gasteiger partial charge in [0.2, 0.25) is 0 Å². The van der Waals surface area contributed by atoms with Crippen molar-refractivity contribution in [2.24, 2.45) is 11.8 Å². The number of esters is 1. The molecule has 0 aromatic rings. The summed E-state index contributed by atoms with van der Waals surface area (Å²) in [6, 6.07) is 0.916. The fraction of sp³-hybridized carbons (Fsp3) is 0.923. The zero-order chi connectivity index (χ0) is 12.3. The van der Waals surface area contributed by atoms with E-state index in [2.05, 4.69) is 19.2 Å². The van der Waals surface area contributed by atoms with Crippen LogP contribution in [0.2, 0.25) is 0 Å². The van der Waals surface area contributed by atoms with E-state index in [4.69, 9.17) is 9.47 Å². The lowest BCUT2D eigenvalue weighted by Gasteiger charge is -2.18. The van der Waals surface area contributed by atoms with E-state index in [1.807, 2.05) is 0 Å². The molecule has 0 spiro atoms. The van der Waals surface area contributed by atoms with Crippen molar-refractivity contribution in [2.45, 2.75) is 45.2 Å². The van der Waals surface area contributed by atoms with Crippen LogP contribution >= 0.6 is 0 Å². The first kappa shape index (κ1) is 12.8. The molecule has 2 aliphatic heterocycles. The second kappa shape index (κ2) is 5.83. The predicted octanol–water partition coefficient (Wildman–Crippen LogP) is 1.34. The first-order chi connectivity index (χ1) is 8.16. The van der Waals surface area contributed by atoms with Gasteiger partial charge in [-0.25, -0.2) is 0 Å². The van der Waals surface area contributed by atoms with Crippen molar-refractivity contribution < 1.29 is 14.3 Å². The largest absolute Gasteiger partial charge is 0.463 e. The number of hydrogen-bond acceptors (Lipinski definition) is 4. The fourth-order valence-corrected chi connectivity index (χ4v) is 2.71. The summed E-state index contributed by atoms with van der Waals surface area (Å²) in [7, 11) is 0. The average Bonchev–Trinajstić information content (AvgIpc) is 2.89. The van der Waals surface area contributed by atoms with E-state index in [-0.39, 0.29) is 11.9 Å². The molecule has 3 unspecified atom stereocenters. The molecule has 2 aliphatic rings. The molecular weight excluding hydrogens is 218 g/mol. The number of carbonyl (C=O) groups excluding carboxylic acids is 1. The SMILES string of the molecule is CC(C)COCCOC(=O)C1CC2CCC1N2. The van der Waals surface area contributed by atoms with Gasteiger partial charge in [0.15, 0.2) is 0 Å². The van der Waals surface area contributed by atoms with E-state index in [0.29, 0.717) is 31.2 Å². The number of carbonyl (C=O) groups is 1. The van der Waals surface area contributed by atoms with Crippen LogP contribution in [-0.2, 0) is 14.3 Å². The lowest BCUT2D eigenvalue weighted by molar-refractivity contribution is -0.150. The maximum Gasteiger partial charge on any atom is 0.310 e. The number of fused-ring (bicyclic) bond motifs is 2. The van der Waals surface area contributed by atoms with E-state index < -0.39 is 0 Å². The molecule has 17 heavy (non-hydrogen) atoms. The van der Waals surface area contributed by atoms with Gasteiger partial charge in [0.05, 0.1) is 12.5 Å². The maximum atomic E-state index is 11.8. The molecule has 0 saturated carbocycles. The van der Waals surface area contributed by atoms with Gasteiger partial charge in [-0.15, -0.1) is 0 Å². The molecule has 0 radical (unpaired) electrons. The van der Waals surface area contributed by atoms with Gasteiger partial charge < -0.3 is 14.8 Å². The van der Waals surface area contributed by atoms with Crippen molar-refractivity contribution in [3.63, 3.8) is 0 Å². The van der Waals surface area contributed by atoms with Crippen LogP contribution in [0.25, 0.3) is 0 Å². The number of hydrogen-bond donors (Lipinski definition) is 1. The molecule has 0 aliphatic carbocycles. The van der Waals surface area contributed by atoms with Gasteiger partial charge in [0, 0.05) is 18.7 Å². The Morgan fingerprint density at radius 3 is 2.76 bits per heavy atom. The summed E-state index contributed by atoms with van der Waals surface area (Å²) < 4.78 is 10.6. The summed E-state index contributed by atoms with van der Waals surface area (Å²) in [4.78, 5) is 11.8. The van der Waals surface area contributed by atoms with Gasteiger partial charge in [-0.05, 0) is 25.2 Å². The summed E-state index contributed by atoms with van der Waals surface area (Å²) in [5, 5.41) is 3.44. The average molecular weight is 241 g/mol. The first-order valence-corrected chi connectivity index (χ1v) is 6.67. The molecule has 4 heteroatoms. The Bertz CT molecular complexity index is 267. The van der Waals surface area contributed by atoms with E-state index in [1.54, 1.807) is 0 Å². The zero-order valence-electron chi connectivity index (χ0n) is 10.8. The quantitative estimate of drug-likeness (QED) is 0.563. The molecule has 2 heterocycles. The minimum atomic E-state index is -0.0437. The van der Waals surface area contributed by atoms with E-state index in [9.17, 15) is 4.79 Å². The highest BCUT2D eigenvalue weighted by atomic mass is 16.6. The Balaban J connectivity index is 1.58. The number of ether oxygens (including phenoxy) is 2. The van der Waals surface area contributed by atoms with Crippen molar-refractivity contribution in [1.82, 2.24) is 5.32 Å². The third-order valence-corrected chi connectivity index (χ3v) is 3.53. The summed E-state index contributed by atoms with van der Waals surface area (Å²) in [5.74, 6) is 0.567. The van der Waals surface area contributed by atoms with Gasteiger partial charge in [-0.1, -0.05) is 13.8 Å². The molecule has 0 aromatic heterocycles. The van der Waals surface area contributed by atoms with Crippen molar-refractivity contribution in [3.05, 3.63) is 0 Å². The lowest BCUT2D eigenvalue weighted by atomic mass is 9.89. The number of rotatable bonds is 6. The van der Waals surface area contributed by atoms with Crippen LogP contribution in [0.1, 0.15) is 33.1 Å². The van der Waals surface area contributed by atoms with E-state index in [0.717, 1.165) is 19.4 Å². The van der Waals surface area contributed by atoms with Crippen molar-refractivity contribution in [3.8, 4) is 0 Å². The smallest absolute Gasteiger partial charge is 0.310 e. The maximum absolute atomic E-state index is 11.8. The highest BCUT2D eigenvalue weighted by molar-refractivity contribution is 5.74. The highest BCUT2D eigenvalue weighted by Gasteiger charge is 2.43. The molecular formula is C13H23NO3. The van der Waals surface area contributed by atoms with Crippen molar-refractivity contribution >= 4 is 5.97 Å². The molecule has 98 valence electrons. The molecule has 2 rings (SSSR count). The summed E-state index contributed by atoms with van der Waals surface area (Å²) in [6.45, 7) is 5.84. The van der Waals surface area contributed by atoms with Crippen molar-refractivity contribution in [2.75, 3.05) is 19.8 Å². The third kappa shape index (κ3) is 3.42. The molecule has 1 N–H and O–H groups in total. The van der Waals surface area contributed by atoms with Gasteiger partial charge in [-0.2, -0.15) is 0 Å². The molecule has 0 aromatic carbocycles. The second-order valence-electron chi connectivity index (χ2n) is 5.53. The fourth-order valence-electron chi connectivity index (χ4n) is 2.71. The van der Waals surface area contributed by atoms with Gasteiger partial charge in [0.1, 0.15) is 6.61 Å².